The summed E-state index contributed by atoms with van der Waals surface area (Å²) < 4.78 is 0. The lowest BCUT2D eigenvalue weighted by atomic mass is 10.1. The molecule has 0 bridgehead atoms. The second-order valence-corrected chi connectivity index (χ2v) is 7.83. The number of fused-ring (bicyclic) bond motifs is 1. The molecule has 1 heterocycles. The summed E-state index contributed by atoms with van der Waals surface area (Å²) in [7, 11) is 0. The molecule has 1 aliphatic rings. The number of hydrogen-bond donors (Lipinski definition) is 1. The highest BCUT2D eigenvalue weighted by atomic mass is 32.2. The van der Waals surface area contributed by atoms with Crippen molar-refractivity contribution < 1.29 is 9.59 Å². The van der Waals surface area contributed by atoms with Gasteiger partial charge < -0.3 is 10.2 Å². The summed E-state index contributed by atoms with van der Waals surface area (Å²) >= 11 is 1.68. The van der Waals surface area contributed by atoms with Crippen molar-refractivity contribution in [3.63, 3.8) is 0 Å². The second-order valence-electron chi connectivity index (χ2n) is 6.58. The largest absolute Gasteiger partial charge is 0.325 e. The summed E-state index contributed by atoms with van der Waals surface area (Å²) in [5.41, 5.74) is 2.63. The van der Waals surface area contributed by atoms with Crippen molar-refractivity contribution in [1.29, 1.82) is 0 Å². The minimum atomic E-state index is -0.211. The quantitative estimate of drug-likeness (QED) is 0.692. The predicted molar refractivity (Wildman–Crippen MR) is 114 cm³/mol. The van der Waals surface area contributed by atoms with E-state index in [1.54, 1.807) is 16.7 Å². The van der Waals surface area contributed by atoms with Crippen molar-refractivity contribution in [2.24, 2.45) is 0 Å². The molecule has 140 valence electrons. The Balaban J connectivity index is 1.59. The van der Waals surface area contributed by atoms with E-state index in [4.69, 9.17) is 0 Å². The highest BCUT2D eigenvalue weighted by molar-refractivity contribution is 7.99. The third kappa shape index (κ3) is 4.10. The van der Waals surface area contributed by atoms with Crippen LogP contribution in [0.4, 0.5) is 11.4 Å². The van der Waals surface area contributed by atoms with Crippen LogP contribution in [0.15, 0.2) is 89.8 Å². The smallest absolute Gasteiger partial charge is 0.244 e. The third-order valence-corrected chi connectivity index (χ3v) is 5.94. The maximum atomic E-state index is 13.1. The highest BCUT2D eigenvalue weighted by Crippen LogP contribution is 2.45. The molecule has 3 aromatic carbocycles. The van der Waals surface area contributed by atoms with Gasteiger partial charge in [-0.2, -0.15) is 0 Å². The monoisotopic (exact) mass is 388 g/mol. The first-order valence-corrected chi connectivity index (χ1v) is 10.0. The van der Waals surface area contributed by atoms with Gasteiger partial charge in [-0.15, -0.1) is 11.8 Å². The number of nitrogens with zero attached hydrogens (tertiary/aromatic N) is 1. The highest BCUT2D eigenvalue weighted by Gasteiger charge is 2.30. The fourth-order valence-corrected chi connectivity index (χ4v) is 4.55. The van der Waals surface area contributed by atoms with Crippen molar-refractivity contribution in [3.05, 3.63) is 90.5 Å². The number of benzene rings is 3. The summed E-state index contributed by atoms with van der Waals surface area (Å²) in [6, 6.07) is 27.1. The Labute approximate surface area is 168 Å². The number of amides is 2. The number of para-hydroxylation sites is 2. The van der Waals surface area contributed by atoms with Gasteiger partial charge in [-0.1, -0.05) is 60.7 Å². The van der Waals surface area contributed by atoms with Crippen LogP contribution in [0, 0.1) is 0 Å². The topological polar surface area (TPSA) is 49.4 Å². The van der Waals surface area contributed by atoms with Gasteiger partial charge in [0.1, 0.15) is 6.54 Å². The lowest BCUT2D eigenvalue weighted by molar-refractivity contribution is -0.121. The summed E-state index contributed by atoms with van der Waals surface area (Å²) in [5.74, 6) is -0.257. The molecule has 5 heteroatoms. The molecule has 0 fully saturated rings. The summed E-state index contributed by atoms with van der Waals surface area (Å²) in [6.45, 7) is -0.00713. The van der Waals surface area contributed by atoms with Crippen molar-refractivity contribution in [2.75, 3.05) is 16.8 Å². The first-order chi connectivity index (χ1) is 13.7. The van der Waals surface area contributed by atoms with Crippen LogP contribution in [0.25, 0.3) is 0 Å². The van der Waals surface area contributed by atoms with Crippen LogP contribution in [-0.2, 0) is 9.59 Å². The Hall–Kier alpha value is -3.05. The van der Waals surface area contributed by atoms with Gasteiger partial charge in [-0.3, -0.25) is 9.59 Å². The Morgan fingerprint density at radius 3 is 2.32 bits per heavy atom. The van der Waals surface area contributed by atoms with E-state index in [0.717, 1.165) is 21.8 Å². The van der Waals surface area contributed by atoms with E-state index in [9.17, 15) is 9.59 Å². The van der Waals surface area contributed by atoms with Gasteiger partial charge in [0.05, 0.1) is 5.69 Å². The number of nitrogens with one attached hydrogen (secondary N) is 1. The van der Waals surface area contributed by atoms with Crippen LogP contribution >= 0.6 is 11.8 Å². The van der Waals surface area contributed by atoms with Gasteiger partial charge >= 0.3 is 0 Å². The molecule has 0 saturated heterocycles. The molecule has 1 aliphatic heterocycles. The van der Waals surface area contributed by atoms with E-state index in [-0.39, 0.29) is 23.6 Å². The summed E-state index contributed by atoms with van der Waals surface area (Å²) in [6.07, 6.45) is 0.349. The van der Waals surface area contributed by atoms with E-state index >= 15 is 0 Å². The van der Waals surface area contributed by atoms with Gasteiger partial charge in [0.2, 0.25) is 11.8 Å². The zero-order valence-electron chi connectivity index (χ0n) is 15.2. The lowest BCUT2D eigenvalue weighted by Gasteiger charge is -2.22. The van der Waals surface area contributed by atoms with Crippen LogP contribution in [-0.4, -0.2) is 18.4 Å². The average Bonchev–Trinajstić information content (AvgIpc) is 2.86. The number of carbonyl (C=O) groups is 2. The maximum absolute atomic E-state index is 13.1. The van der Waals surface area contributed by atoms with Crippen LogP contribution in [0.2, 0.25) is 0 Å². The minimum Gasteiger partial charge on any atom is -0.325 e. The van der Waals surface area contributed by atoms with Crippen LogP contribution in [0.1, 0.15) is 17.2 Å². The van der Waals surface area contributed by atoms with Gasteiger partial charge in [0.15, 0.2) is 0 Å². The van der Waals surface area contributed by atoms with Crippen LogP contribution < -0.4 is 10.2 Å². The van der Waals surface area contributed by atoms with E-state index < -0.39 is 0 Å². The lowest BCUT2D eigenvalue weighted by Crippen LogP contribution is -2.38. The summed E-state index contributed by atoms with van der Waals surface area (Å²) in [5, 5.41) is 2.89. The third-order valence-electron chi connectivity index (χ3n) is 4.62. The number of anilines is 2. The Morgan fingerprint density at radius 2 is 1.57 bits per heavy atom. The van der Waals surface area contributed by atoms with Gasteiger partial charge in [0, 0.05) is 22.3 Å². The Bertz CT molecular complexity index is 976. The van der Waals surface area contributed by atoms with Crippen molar-refractivity contribution in [1.82, 2.24) is 0 Å². The molecule has 3 aromatic rings. The van der Waals surface area contributed by atoms with Crippen molar-refractivity contribution in [2.45, 2.75) is 16.6 Å². The minimum absolute atomic E-state index is 0.00713. The number of rotatable bonds is 4. The normalized spacial score (nSPS) is 16.2. The van der Waals surface area contributed by atoms with Gasteiger partial charge in [0.25, 0.3) is 0 Å². The van der Waals surface area contributed by atoms with Gasteiger partial charge in [-0.05, 0) is 29.8 Å². The summed E-state index contributed by atoms with van der Waals surface area (Å²) in [4.78, 5) is 28.3. The van der Waals surface area contributed by atoms with E-state index in [2.05, 4.69) is 5.32 Å². The molecule has 1 unspecified atom stereocenters. The Kier molecular flexibility index (Phi) is 5.44. The molecule has 0 aromatic heterocycles. The number of thioether (sulfide) groups is 1. The molecule has 0 radical (unpaired) electrons. The number of carbonyl (C=O) groups excluding carboxylic acids is 2. The molecule has 28 heavy (non-hydrogen) atoms. The average molecular weight is 388 g/mol. The Morgan fingerprint density at radius 1 is 0.929 bits per heavy atom. The standard InChI is InChI=1S/C23H20N2O2S/c26-22(24-18-11-5-2-6-12-18)16-25-19-13-7-8-14-20(19)28-21(15-23(25)27)17-9-3-1-4-10-17/h1-14,21H,15-16H2,(H,24,26). The molecule has 4 rings (SSSR count). The van der Waals surface area contributed by atoms with Crippen molar-refractivity contribution in [3.8, 4) is 0 Å². The molecule has 1 N–H and O–H groups in total. The van der Waals surface area contributed by atoms with Gasteiger partial charge in [-0.25, -0.2) is 0 Å². The first kappa shape index (κ1) is 18.3. The van der Waals surface area contributed by atoms with E-state index in [0.29, 0.717) is 6.42 Å². The number of hydrogen-bond acceptors (Lipinski definition) is 3. The molecule has 0 spiro atoms. The SMILES string of the molecule is O=C(CN1C(=O)CC(c2ccccc2)Sc2ccccc21)Nc1ccccc1. The zero-order valence-corrected chi connectivity index (χ0v) is 16.1. The predicted octanol–water partition coefficient (Wildman–Crippen LogP) is 4.90. The molecule has 4 nitrogen and oxygen atoms in total. The first-order valence-electron chi connectivity index (χ1n) is 9.16. The molecule has 0 aliphatic carbocycles. The maximum Gasteiger partial charge on any atom is 0.244 e. The fraction of sp³-hybridized carbons (Fsp3) is 0.130. The zero-order chi connectivity index (χ0) is 19.3. The molecule has 1 atom stereocenters. The molecular formula is C23H20N2O2S. The van der Waals surface area contributed by atoms with Crippen LogP contribution in [0.3, 0.4) is 0 Å². The van der Waals surface area contributed by atoms with Crippen LogP contribution in [0.5, 0.6) is 0 Å². The van der Waals surface area contributed by atoms with E-state index in [1.165, 1.54) is 0 Å². The molecule has 0 saturated carbocycles. The van der Waals surface area contributed by atoms with E-state index in [1.807, 2.05) is 84.9 Å². The second kappa shape index (κ2) is 8.31. The van der Waals surface area contributed by atoms with Crippen molar-refractivity contribution >= 4 is 35.0 Å². The fourth-order valence-electron chi connectivity index (χ4n) is 3.27. The molecule has 2 amide bonds. The molecular weight excluding hydrogens is 368 g/mol.